The number of carbonyl (C=O) groups is 1. The van der Waals surface area contributed by atoms with Crippen molar-refractivity contribution in [1.82, 2.24) is 9.88 Å². The maximum absolute atomic E-state index is 13.5. The number of halogens is 1. The smallest absolute Gasteiger partial charge is 0.254 e. The van der Waals surface area contributed by atoms with Crippen LogP contribution in [0.4, 0.5) is 0 Å². The highest BCUT2D eigenvalue weighted by Gasteiger charge is 2.21. The number of pyridine rings is 1. The first-order valence-electron chi connectivity index (χ1n) is 11.1. The Kier molecular flexibility index (Phi) is 6.83. The lowest BCUT2D eigenvalue weighted by molar-refractivity contribution is 0.0763. The summed E-state index contributed by atoms with van der Waals surface area (Å²) in [6, 6.07) is 16.7. The van der Waals surface area contributed by atoms with E-state index >= 15 is 0 Å². The Labute approximate surface area is 187 Å². The minimum Gasteiger partial charge on any atom is -0.339 e. The molecule has 0 unspecified atom stereocenters. The molecule has 1 aliphatic rings. The van der Waals surface area contributed by atoms with Gasteiger partial charge in [0.2, 0.25) is 0 Å². The lowest BCUT2D eigenvalue weighted by Crippen LogP contribution is -2.32. The average Bonchev–Trinajstić information content (AvgIpc) is 3.06. The molecule has 156 valence electrons. The third-order valence-corrected chi connectivity index (χ3v) is 6.46. The fourth-order valence-corrected chi connectivity index (χ4v) is 4.55. The molecule has 1 aromatic heterocycles. The molecule has 1 saturated heterocycles. The maximum atomic E-state index is 13.5. The van der Waals surface area contributed by atoms with Gasteiger partial charge in [0.1, 0.15) is 0 Å². The van der Waals surface area contributed by atoms with E-state index in [0.29, 0.717) is 0 Å². The minimum atomic E-state index is 0.128. The Morgan fingerprint density at radius 1 is 1.00 bits per heavy atom. The number of unbranched alkanes of at least 4 members (excludes halogenated alkanes) is 1. The van der Waals surface area contributed by atoms with Crippen molar-refractivity contribution in [2.24, 2.45) is 0 Å². The van der Waals surface area contributed by atoms with Crippen molar-refractivity contribution < 1.29 is 4.79 Å². The molecule has 3 aromatic rings. The summed E-state index contributed by atoms with van der Waals surface area (Å²) in [7, 11) is 0. The highest BCUT2D eigenvalue weighted by atomic mass is 79.9. The third kappa shape index (κ3) is 4.75. The van der Waals surface area contributed by atoms with Gasteiger partial charge in [-0.1, -0.05) is 66.4 Å². The van der Waals surface area contributed by atoms with Gasteiger partial charge >= 0.3 is 0 Å². The lowest BCUT2D eigenvalue weighted by Gasteiger charge is -2.21. The van der Waals surface area contributed by atoms with E-state index in [1.165, 1.54) is 31.2 Å². The van der Waals surface area contributed by atoms with Crippen molar-refractivity contribution in [2.45, 2.75) is 51.9 Å². The quantitative estimate of drug-likeness (QED) is 0.406. The van der Waals surface area contributed by atoms with E-state index in [9.17, 15) is 4.79 Å². The van der Waals surface area contributed by atoms with E-state index in [1.54, 1.807) is 0 Å². The van der Waals surface area contributed by atoms with Crippen LogP contribution in [0, 0.1) is 0 Å². The van der Waals surface area contributed by atoms with Gasteiger partial charge < -0.3 is 4.90 Å². The van der Waals surface area contributed by atoms with Crippen LogP contribution < -0.4 is 0 Å². The number of hydrogen-bond donors (Lipinski definition) is 0. The van der Waals surface area contributed by atoms with Crippen LogP contribution in [0.3, 0.4) is 0 Å². The SMILES string of the molecule is CCCCc1ccc(-c2cc(C(=O)N3CCCCCC3)c3cc(Br)ccc3n2)cc1. The van der Waals surface area contributed by atoms with E-state index in [0.717, 1.165) is 64.5 Å². The summed E-state index contributed by atoms with van der Waals surface area (Å²) < 4.78 is 0.967. The summed E-state index contributed by atoms with van der Waals surface area (Å²) in [5.74, 6) is 0.128. The standard InChI is InChI=1S/C26H29BrN2O/c1-2-3-8-19-9-11-20(12-10-19)25-18-23(22-17-21(27)13-14-24(22)28-25)26(30)29-15-6-4-5-7-16-29/h9-14,17-18H,2-8,15-16H2,1H3. The van der Waals surface area contributed by atoms with Gasteiger partial charge in [-0.2, -0.15) is 0 Å². The van der Waals surface area contributed by atoms with E-state index in [4.69, 9.17) is 4.98 Å². The van der Waals surface area contributed by atoms with E-state index in [1.807, 2.05) is 29.2 Å². The number of aromatic nitrogens is 1. The zero-order valence-electron chi connectivity index (χ0n) is 17.7. The summed E-state index contributed by atoms with van der Waals surface area (Å²) in [5, 5.41) is 0.918. The Morgan fingerprint density at radius 3 is 2.43 bits per heavy atom. The van der Waals surface area contributed by atoms with Gasteiger partial charge in [0.05, 0.1) is 16.8 Å². The Hall–Kier alpha value is -2.20. The van der Waals surface area contributed by atoms with Crippen LogP contribution in [0.5, 0.6) is 0 Å². The van der Waals surface area contributed by atoms with E-state index in [2.05, 4.69) is 47.1 Å². The molecule has 4 rings (SSSR count). The molecular weight excluding hydrogens is 436 g/mol. The Balaban J connectivity index is 1.74. The summed E-state index contributed by atoms with van der Waals surface area (Å²) in [4.78, 5) is 20.4. The molecule has 0 saturated carbocycles. The van der Waals surface area contributed by atoms with Crippen molar-refractivity contribution in [3.8, 4) is 11.3 Å². The van der Waals surface area contributed by atoms with Crippen LogP contribution in [0.2, 0.25) is 0 Å². The van der Waals surface area contributed by atoms with Crippen LogP contribution in [0.15, 0.2) is 53.0 Å². The highest BCUT2D eigenvalue weighted by molar-refractivity contribution is 9.10. The molecule has 0 bridgehead atoms. The number of fused-ring (bicyclic) bond motifs is 1. The number of hydrogen-bond acceptors (Lipinski definition) is 2. The van der Waals surface area contributed by atoms with Gasteiger partial charge in [0.15, 0.2) is 0 Å². The number of likely N-dealkylation sites (tertiary alicyclic amines) is 1. The Morgan fingerprint density at radius 2 is 1.73 bits per heavy atom. The fourth-order valence-electron chi connectivity index (χ4n) is 4.19. The zero-order valence-corrected chi connectivity index (χ0v) is 19.2. The van der Waals surface area contributed by atoms with Gasteiger partial charge in [-0.15, -0.1) is 0 Å². The summed E-state index contributed by atoms with van der Waals surface area (Å²) in [6.45, 7) is 3.91. The van der Waals surface area contributed by atoms with Crippen LogP contribution in [0.25, 0.3) is 22.2 Å². The predicted molar refractivity (Wildman–Crippen MR) is 128 cm³/mol. The lowest BCUT2D eigenvalue weighted by atomic mass is 10.0. The molecule has 1 amide bonds. The zero-order chi connectivity index (χ0) is 20.9. The molecule has 30 heavy (non-hydrogen) atoms. The second-order valence-electron chi connectivity index (χ2n) is 8.22. The second-order valence-corrected chi connectivity index (χ2v) is 9.14. The van der Waals surface area contributed by atoms with Crippen molar-refractivity contribution in [2.75, 3.05) is 13.1 Å². The largest absolute Gasteiger partial charge is 0.339 e. The van der Waals surface area contributed by atoms with Crippen LogP contribution in [-0.2, 0) is 6.42 Å². The average molecular weight is 465 g/mol. The van der Waals surface area contributed by atoms with Gasteiger partial charge in [0.25, 0.3) is 5.91 Å². The summed E-state index contributed by atoms with van der Waals surface area (Å²) in [6.07, 6.45) is 8.11. The fraction of sp³-hybridized carbons (Fsp3) is 0.385. The molecule has 3 nitrogen and oxygen atoms in total. The molecule has 2 heterocycles. The van der Waals surface area contributed by atoms with Crippen molar-refractivity contribution >= 4 is 32.7 Å². The number of aryl methyl sites for hydroxylation is 1. The van der Waals surface area contributed by atoms with Crippen LogP contribution in [0.1, 0.15) is 61.4 Å². The number of carbonyl (C=O) groups excluding carboxylic acids is 1. The second kappa shape index (κ2) is 9.74. The molecule has 2 aromatic carbocycles. The van der Waals surface area contributed by atoms with Gasteiger partial charge in [-0.05, 0) is 55.5 Å². The predicted octanol–water partition coefficient (Wildman–Crippen LogP) is 7.02. The molecular formula is C26H29BrN2O. The molecule has 0 spiro atoms. The van der Waals surface area contributed by atoms with Crippen LogP contribution >= 0.6 is 15.9 Å². The number of amides is 1. The van der Waals surface area contributed by atoms with Crippen molar-refractivity contribution in [3.63, 3.8) is 0 Å². The van der Waals surface area contributed by atoms with E-state index in [-0.39, 0.29) is 5.91 Å². The van der Waals surface area contributed by atoms with Crippen molar-refractivity contribution in [3.05, 3.63) is 64.1 Å². The number of rotatable bonds is 5. The summed E-state index contributed by atoms with van der Waals surface area (Å²) >= 11 is 3.56. The monoisotopic (exact) mass is 464 g/mol. The Bertz CT molecular complexity index is 1020. The normalized spacial score (nSPS) is 14.7. The molecule has 0 N–H and O–H groups in total. The van der Waals surface area contributed by atoms with Gasteiger partial charge in [0, 0.05) is 28.5 Å². The third-order valence-electron chi connectivity index (χ3n) is 5.96. The molecule has 0 radical (unpaired) electrons. The molecule has 0 aliphatic carbocycles. The summed E-state index contributed by atoms with van der Waals surface area (Å²) in [5.41, 5.74) is 4.90. The van der Waals surface area contributed by atoms with Gasteiger partial charge in [-0.25, -0.2) is 4.98 Å². The molecule has 1 aliphatic heterocycles. The highest BCUT2D eigenvalue weighted by Crippen LogP contribution is 2.29. The van der Waals surface area contributed by atoms with Crippen LogP contribution in [-0.4, -0.2) is 28.9 Å². The molecule has 0 atom stereocenters. The minimum absolute atomic E-state index is 0.128. The van der Waals surface area contributed by atoms with Gasteiger partial charge in [-0.3, -0.25) is 4.79 Å². The topological polar surface area (TPSA) is 33.2 Å². The first-order chi connectivity index (χ1) is 14.7. The molecule has 4 heteroatoms. The number of benzene rings is 2. The molecule has 1 fully saturated rings. The maximum Gasteiger partial charge on any atom is 0.254 e. The van der Waals surface area contributed by atoms with E-state index < -0.39 is 0 Å². The van der Waals surface area contributed by atoms with Crippen molar-refractivity contribution in [1.29, 1.82) is 0 Å². The first kappa shape index (κ1) is 21.0. The number of nitrogens with zero attached hydrogens (tertiary/aromatic N) is 2. The first-order valence-corrected chi connectivity index (χ1v) is 11.9.